The number of hydrogen-bond acceptors (Lipinski definition) is 4. The molecule has 3 aliphatic rings. The summed E-state index contributed by atoms with van der Waals surface area (Å²) in [5, 5.41) is 0. The van der Waals surface area contributed by atoms with Crippen molar-refractivity contribution in [1.29, 1.82) is 0 Å². The average Bonchev–Trinajstić information content (AvgIpc) is 3.29. The highest BCUT2D eigenvalue weighted by atomic mass is 16.6. The molecule has 2 fully saturated rings. The van der Waals surface area contributed by atoms with Crippen LogP contribution < -0.4 is 14.4 Å². The Labute approximate surface area is 176 Å². The lowest BCUT2D eigenvalue weighted by atomic mass is 10.0. The highest BCUT2D eigenvalue weighted by Gasteiger charge is 2.31. The number of nitrogens with zero attached hydrogens (tertiary/aromatic N) is 2. The molecule has 0 N–H and O–H groups in total. The number of piperidine rings is 1. The summed E-state index contributed by atoms with van der Waals surface area (Å²) in [6.07, 6.45) is 4.50. The normalized spacial score (nSPS) is 21.1. The summed E-state index contributed by atoms with van der Waals surface area (Å²) in [7, 11) is 0. The standard InChI is InChI=1S/C24H26N2O4/c27-23-5-1-2-12-25(23)19-9-6-17(7-10-19)24(28)26-13-3-4-20(26)18-8-11-21-22(16-18)30-15-14-29-21/h6-11,16,20H,1-5,12-15H2/t20-/m1/s1. The van der Waals surface area contributed by atoms with E-state index in [0.29, 0.717) is 25.2 Å². The van der Waals surface area contributed by atoms with Gasteiger partial charge in [-0.05, 0) is 67.6 Å². The molecule has 6 heteroatoms. The molecule has 0 bridgehead atoms. The number of carbonyl (C=O) groups is 2. The average molecular weight is 406 g/mol. The summed E-state index contributed by atoms with van der Waals surface area (Å²) >= 11 is 0. The van der Waals surface area contributed by atoms with Gasteiger partial charge >= 0.3 is 0 Å². The summed E-state index contributed by atoms with van der Waals surface area (Å²) in [6, 6.07) is 13.5. The number of rotatable bonds is 3. The smallest absolute Gasteiger partial charge is 0.254 e. The van der Waals surface area contributed by atoms with Crippen LogP contribution in [0.3, 0.4) is 0 Å². The summed E-state index contributed by atoms with van der Waals surface area (Å²) in [6.45, 7) is 2.61. The minimum atomic E-state index is 0.0314. The Balaban J connectivity index is 1.34. The Bertz CT molecular complexity index is 956. The minimum Gasteiger partial charge on any atom is -0.486 e. The van der Waals surface area contributed by atoms with Gasteiger partial charge < -0.3 is 19.3 Å². The molecule has 0 spiro atoms. The largest absolute Gasteiger partial charge is 0.486 e. The van der Waals surface area contributed by atoms with Gasteiger partial charge in [-0.1, -0.05) is 6.07 Å². The van der Waals surface area contributed by atoms with E-state index in [1.54, 1.807) is 0 Å². The molecule has 1 atom stereocenters. The summed E-state index contributed by atoms with van der Waals surface area (Å²) in [5.74, 6) is 1.72. The Morgan fingerprint density at radius 2 is 1.70 bits per heavy atom. The van der Waals surface area contributed by atoms with Crippen molar-refractivity contribution in [3.63, 3.8) is 0 Å². The second kappa shape index (κ2) is 8.01. The van der Waals surface area contributed by atoms with Gasteiger partial charge in [0.25, 0.3) is 5.91 Å². The number of carbonyl (C=O) groups excluding carboxylic acids is 2. The molecule has 2 amide bonds. The van der Waals surface area contributed by atoms with Crippen molar-refractivity contribution in [2.75, 3.05) is 31.2 Å². The first-order chi connectivity index (χ1) is 14.7. The zero-order valence-electron chi connectivity index (χ0n) is 17.0. The van der Waals surface area contributed by atoms with E-state index >= 15 is 0 Å². The van der Waals surface area contributed by atoms with E-state index in [0.717, 1.165) is 61.5 Å². The van der Waals surface area contributed by atoms with Crippen LogP contribution in [-0.4, -0.2) is 43.0 Å². The number of anilines is 1. The van der Waals surface area contributed by atoms with Crippen molar-refractivity contribution in [2.24, 2.45) is 0 Å². The molecular formula is C24H26N2O4. The van der Waals surface area contributed by atoms with Crippen LogP contribution >= 0.6 is 0 Å². The summed E-state index contributed by atoms with van der Waals surface area (Å²) < 4.78 is 11.3. The fourth-order valence-electron chi connectivity index (χ4n) is 4.65. The lowest BCUT2D eigenvalue weighted by molar-refractivity contribution is -0.119. The monoisotopic (exact) mass is 406 g/mol. The zero-order valence-corrected chi connectivity index (χ0v) is 17.0. The summed E-state index contributed by atoms with van der Waals surface area (Å²) in [5.41, 5.74) is 2.62. The van der Waals surface area contributed by atoms with Gasteiger partial charge in [0, 0.05) is 30.8 Å². The second-order valence-electron chi connectivity index (χ2n) is 8.11. The number of likely N-dealkylation sites (tertiary alicyclic amines) is 1. The molecule has 2 saturated heterocycles. The van der Waals surface area contributed by atoms with Gasteiger partial charge in [0.1, 0.15) is 13.2 Å². The second-order valence-corrected chi connectivity index (χ2v) is 8.11. The molecule has 2 aromatic rings. The van der Waals surface area contributed by atoms with Crippen molar-refractivity contribution in [1.82, 2.24) is 4.90 Å². The molecular weight excluding hydrogens is 380 g/mol. The number of fused-ring (bicyclic) bond motifs is 1. The lowest BCUT2D eigenvalue weighted by Crippen LogP contribution is -2.35. The molecule has 0 saturated carbocycles. The molecule has 0 unspecified atom stereocenters. The van der Waals surface area contributed by atoms with Crippen LogP contribution in [0.1, 0.15) is 54.1 Å². The third-order valence-corrected chi connectivity index (χ3v) is 6.21. The van der Waals surface area contributed by atoms with Gasteiger partial charge in [-0.2, -0.15) is 0 Å². The first-order valence-electron chi connectivity index (χ1n) is 10.8. The van der Waals surface area contributed by atoms with Crippen LogP contribution in [0, 0.1) is 0 Å². The molecule has 6 nitrogen and oxygen atoms in total. The van der Waals surface area contributed by atoms with Gasteiger partial charge in [-0.25, -0.2) is 0 Å². The summed E-state index contributed by atoms with van der Waals surface area (Å²) in [4.78, 5) is 29.2. The van der Waals surface area contributed by atoms with Crippen LogP contribution in [0.4, 0.5) is 5.69 Å². The van der Waals surface area contributed by atoms with Gasteiger partial charge in [0.05, 0.1) is 6.04 Å². The minimum absolute atomic E-state index is 0.0314. The van der Waals surface area contributed by atoms with Crippen molar-refractivity contribution >= 4 is 17.5 Å². The van der Waals surface area contributed by atoms with Crippen LogP contribution in [0.25, 0.3) is 0 Å². The topological polar surface area (TPSA) is 59.1 Å². The molecule has 0 radical (unpaired) electrons. The van der Waals surface area contributed by atoms with Crippen LogP contribution in [0.5, 0.6) is 11.5 Å². The Hall–Kier alpha value is -3.02. The SMILES string of the molecule is O=C1CCCCN1c1ccc(C(=O)N2CCC[C@@H]2c2ccc3c(c2)OCCO3)cc1. The van der Waals surface area contributed by atoms with Gasteiger partial charge in [-0.3, -0.25) is 9.59 Å². The van der Waals surface area contributed by atoms with Crippen molar-refractivity contribution in [2.45, 2.75) is 38.1 Å². The Morgan fingerprint density at radius 3 is 2.50 bits per heavy atom. The van der Waals surface area contributed by atoms with Crippen LogP contribution in [0.15, 0.2) is 42.5 Å². The van der Waals surface area contributed by atoms with E-state index in [-0.39, 0.29) is 17.9 Å². The molecule has 3 aliphatic heterocycles. The van der Waals surface area contributed by atoms with Gasteiger partial charge in [-0.15, -0.1) is 0 Å². The van der Waals surface area contributed by atoms with E-state index in [2.05, 4.69) is 0 Å². The highest BCUT2D eigenvalue weighted by molar-refractivity contribution is 5.97. The highest BCUT2D eigenvalue weighted by Crippen LogP contribution is 2.38. The maximum absolute atomic E-state index is 13.3. The van der Waals surface area contributed by atoms with Crippen molar-refractivity contribution < 1.29 is 19.1 Å². The first-order valence-corrected chi connectivity index (χ1v) is 10.8. The molecule has 2 aromatic carbocycles. The van der Waals surface area contributed by atoms with E-state index in [9.17, 15) is 9.59 Å². The zero-order chi connectivity index (χ0) is 20.5. The van der Waals surface area contributed by atoms with Crippen molar-refractivity contribution in [3.8, 4) is 11.5 Å². The van der Waals surface area contributed by atoms with E-state index in [1.165, 1.54) is 0 Å². The van der Waals surface area contributed by atoms with Crippen molar-refractivity contribution in [3.05, 3.63) is 53.6 Å². The van der Waals surface area contributed by atoms with Gasteiger partial charge in [0.15, 0.2) is 11.5 Å². The predicted octanol–water partition coefficient (Wildman–Crippen LogP) is 3.95. The fourth-order valence-corrected chi connectivity index (χ4v) is 4.65. The maximum atomic E-state index is 13.3. The van der Waals surface area contributed by atoms with Crippen LogP contribution in [-0.2, 0) is 4.79 Å². The quantitative estimate of drug-likeness (QED) is 0.774. The van der Waals surface area contributed by atoms with E-state index in [4.69, 9.17) is 9.47 Å². The number of hydrogen-bond donors (Lipinski definition) is 0. The number of benzene rings is 2. The Morgan fingerprint density at radius 1 is 0.900 bits per heavy atom. The maximum Gasteiger partial charge on any atom is 0.254 e. The molecule has 156 valence electrons. The molecule has 3 heterocycles. The fraction of sp³-hybridized carbons (Fsp3) is 0.417. The predicted molar refractivity (Wildman–Crippen MR) is 113 cm³/mol. The third-order valence-electron chi connectivity index (χ3n) is 6.21. The lowest BCUT2D eigenvalue weighted by Gasteiger charge is -2.28. The molecule has 30 heavy (non-hydrogen) atoms. The number of amides is 2. The Kier molecular flexibility index (Phi) is 5.07. The number of ether oxygens (including phenoxy) is 2. The molecule has 5 rings (SSSR count). The third kappa shape index (κ3) is 3.51. The van der Waals surface area contributed by atoms with Crippen LogP contribution in [0.2, 0.25) is 0 Å². The first kappa shape index (κ1) is 19.0. The van der Waals surface area contributed by atoms with E-state index in [1.807, 2.05) is 52.3 Å². The molecule has 0 aliphatic carbocycles. The van der Waals surface area contributed by atoms with Gasteiger partial charge in [0.2, 0.25) is 5.91 Å². The molecule has 0 aromatic heterocycles. The van der Waals surface area contributed by atoms with E-state index < -0.39 is 0 Å².